The summed E-state index contributed by atoms with van der Waals surface area (Å²) in [6, 6.07) is 0.384. The quantitative estimate of drug-likeness (QED) is 0.550. The minimum atomic E-state index is 0.0716. The third-order valence-electron chi connectivity index (χ3n) is 3.23. The fourth-order valence-corrected chi connectivity index (χ4v) is 2.61. The Kier molecular flexibility index (Phi) is 4.57. The van der Waals surface area contributed by atoms with Crippen molar-refractivity contribution in [2.24, 2.45) is 5.84 Å². The minimum Gasteiger partial charge on any atom is -0.395 e. The molecule has 0 aromatic carbocycles. The highest BCUT2D eigenvalue weighted by molar-refractivity contribution is 6.32. The predicted molar refractivity (Wildman–Crippen MR) is 71.5 cm³/mol. The first-order valence-electron chi connectivity index (χ1n) is 6.13. The first kappa shape index (κ1) is 13.3. The number of hydrogen-bond acceptors (Lipinski definition) is 6. The van der Waals surface area contributed by atoms with Gasteiger partial charge < -0.3 is 10.0 Å². The van der Waals surface area contributed by atoms with E-state index in [1.165, 1.54) is 19.0 Å². The zero-order valence-corrected chi connectivity index (χ0v) is 10.9. The van der Waals surface area contributed by atoms with Crippen molar-refractivity contribution in [2.45, 2.75) is 31.7 Å². The second-order valence-electron chi connectivity index (χ2n) is 4.36. The fourth-order valence-electron chi connectivity index (χ4n) is 2.41. The van der Waals surface area contributed by atoms with Crippen LogP contribution in [-0.2, 0) is 0 Å². The van der Waals surface area contributed by atoms with Crippen LogP contribution in [0.25, 0.3) is 0 Å². The Balaban J connectivity index is 2.28. The summed E-state index contributed by atoms with van der Waals surface area (Å²) in [5.74, 6) is 6.28. The highest BCUT2D eigenvalue weighted by Gasteiger charge is 2.25. The van der Waals surface area contributed by atoms with Crippen molar-refractivity contribution in [3.8, 4) is 0 Å². The molecule has 1 heterocycles. The summed E-state index contributed by atoms with van der Waals surface area (Å²) in [5.41, 5.74) is 2.41. The number of rotatable bonds is 5. The van der Waals surface area contributed by atoms with Crippen LogP contribution in [0.15, 0.2) is 6.20 Å². The predicted octanol–water partition coefficient (Wildman–Crippen LogP) is 1.16. The van der Waals surface area contributed by atoms with Gasteiger partial charge in [0.05, 0.1) is 12.8 Å². The van der Waals surface area contributed by atoms with E-state index in [0.717, 1.165) is 12.8 Å². The molecule has 0 aliphatic heterocycles. The second kappa shape index (κ2) is 6.17. The Bertz CT molecular complexity index is 397. The van der Waals surface area contributed by atoms with Gasteiger partial charge in [0.1, 0.15) is 5.02 Å². The Morgan fingerprint density at radius 3 is 2.83 bits per heavy atom. The topological polar surface area (TPSA) is 87.3 Å². The molecule has 1 aliphatic rings. The number of hydrazine groups is 1. The molecule has 7 heteroatoms. The number of halogens is 1. The van der Waals surface area contributed by atoms with Gasteiger partial charge in [-0.15, -0.1) is 0 Å². The first-order valence-corrected chi connectivity index (χ1v) is 6.50. The van der Waals surface area contributed by atoms with Crippen LogP contribution in [0.3, 0.4) is 0 Å². The number of nitrogens with one attached hydrogen (secondary N) is 1. The van der Waals surface area contributed by atoms with Gasteiger partial charge >= 0.3 is 0 Å². The molecule has 18 heavy (non-hydrogen) atoms. The van der Waals surface area contributed by atoms with Gasteiger partial charge in [-0.05, 0) is 12.8 Å². The molecule has 0 amide bonds. The third-order valence-corrected chi connectivity index (χ3v) is 3.50. The van der Waals surface area contributed by atoms with Gasteiger partial charge in [0.25, 0.3) is 0 Å². The van der Waals surface area contributed by atoms with Crippen molar-refractivity contribution in [1.29, 1.82) is 0 Å². The number of nitrogens with zero attached hydrogens (tertiary/aromatic N) is 3. The smallest absolute Gasteiger partial charge is 0.239 e. The fraction of sp³-hybridized carbons (Fsp3) is 0.636. The number of nitrogens with two attached hydrogens (primary N) is 1. The largest absolute Gasteiger partial charge is 0.395 e. The van der Waals surface area contributed by atoms with Gasteiger partial charge in [-0.25, -0.2) is 10.8 Å². The Hall–Kier alpha value is -1.11. The number of aliphatic hydroxyl groups is 1. The van der Waals surface area contributed by atoms with Crippen LogP contribution in [0, 0.1) is 0 Å². The van der Waals surface area contributed by atoms with Crippen molar-refractivity contribution >= 4 is 23.4 Å². The SMILES string of the molecule is NNc1ncc(Cl)c(N(CCO)C2CCCC2)n1. The number of aliphatic hydroxyl groups excluding tert-OH is 1. The van der Waals surface area contributed by atoms with Crippen LogP contribution < -0.4 is 16.2 Å². The molecule has 100 valence electrons. The van der Waals surface area contributed by atoms with Gasteiger partial charge in [0, 0.05) is 12.6 Å². The highest BCUT2D eigenvalue weighted by Crippen LogP contribution is 2.31. The normalized spacial score (nSPS) is 15.9. The molecular weight excluding hydrogens is 254 g/mol. The molecule has 0 atom stereocenters. The molecule has 1 aliphatic carbocycles. The molecular formula is C11H18ClN5O. The molecule has 1 aromatic heterocycles. The summed E-state index contributed by atoms with van der Waals surface area (Å²) in [6.45, 7) is 0.591. The minimum absolute atomic E-state index is 0.0716. The van der Waals surface area contributed by atoms with E-state index in [4.69, 9.17) is 17.4 Å². The third kappa shape index (κ3) is 2.82. The molecule has 1 saturated carbocycles. The Labute approximate surface area is 111 Å². The molecule has 0 spiro atoms. The number of anilines is 2. The molecule has 1 aromatic rings. The lowest BCUT2D eigenvalue weighted by atomic mass is 10.2. The maximum absolute atomic E-state index is 9.21. The average Bonchev–Trinajstić information content (AvgIpc) is 2.91. The second-order valence-corrected chi connectivity index (χ2v) is 4.77. The van der Waals surface area contributed by atoms with Crippen LogP contribution in [0.2, 0.25) is 5.02 Å². The number of nitrogen functional groups attached to an aromatic ring is 1. The average molecular weight is 272 g/mol. The van der Waals surface area contributed by atoms with E-state index in [9.17, 15) is 5.11 Å². The first-order chi connectivity index (χ1) is 8.76. The van der Waals surface area contributed by atoms with E-state index in [-0.39, 0.29) is 6.61 Å². The van der Waals surface area contributed by atoms with Crippen molar-refractivity contribution < 1.29 is 5.11 Å². The van der Waals surface area contributed by atoms with E-state index < -0.39 is 0 Å². The van der Waals surface area contributed by atoms with E-state index in [2.05, 4.69) is 20.3 Å². The van der Waals surface area contributed by atoms with Crippen molar-refractivity contribution in [3.05, 3.63) is 11.2 Å². The van der Waals surface area contributed by atoms with E-state index in [1.54, 1.807) is 0 Å². The summed E-state index contributed by atoms with van der Waals surface area (Å²) >= 11 is 6.15. The van der Waals surface area contributed by atoms with Crippen molar-refractivity contribution in [2.75, 3.05) is 23.5 Å². The van der Waals surface area contributed by atoms with Gasteiger partial charge in [-0.2, -0.15) is 4.98 Å². The summed E-state index contributed by atoms with van der Waals surface area (Å²) in [5, 5.41) is 9.69. The molecule has 2 rings (SSSR count). The van der Waals surface area contributed by atoms with Crippen LogP contribution in [0.5, 0.6) is 0 Å². The van der Waals surface area contributed by atoms with Gasteiger partial charge in [0.15, 0.2) is 5.82 Å². The monoisotopic (exact) mass is 271 g/mol. The van der Waals surface area contributed by atoms with Gasteiger partial charge in [-0.1, -0.05) is 24.4 Å². The lowest BCUT2D eigenvalue weighted by Crippen LogP contribution is -2.36. The summed E-state index contributed by atoms with van der Waals surface area (Å²) in [4.78, 5) is 10.3. The zero-order chi connectivity index (χ0) is 13.0. The number of hydrogen-bond donors (Lipinski definition) is 3. The lowest BCUT2D eigenvalue weighted by molar-refractivity contribution is 0.297. The summed E-state index contributed by atoms with van der Waals surface area (Å²) < 4.78 is 0. The van der Waals surface area contributed by atoms with E-state index in [1.807, 2.05) is 0 Å². The van der Waals surface area contributed by atoms with E-state index >= 15 is 0 Å². The Morgan fingerprint density at radius 2 is 2.22 bits per heavy atom. The lowest BCUT2D eigenvalue weighted by Gasteiger charge is -2.30. The maximum Gasteiger partial charge on any atom is 0.239 e. The van der Waals surface area contributed by atoms with E-state index in [0.29, 0.717) is 29.4 Å². The van der Waals surface area contributed by atoms with Crippen LogP contribution >= 0.6 is 11.6 Å². The van der Waals surface area contributed by atoms with Gasteiger partial charge in [-0.3, -0.25) is 5.43 Å². The molecule has 1 fully saturated rings. The molecule has 0 bridgehead atoms. The highest BCUT2D eigenvalue weighted by atomic mass is 35.5. The number of aromatic nitrogens is 2. The molecule has 0 unspecified atom stereocenters. The van der Waals surface area contributed by atoms with Crippen molar-refractivity contribution in [3.63, 3.8) is 0 Å². The molecule has 0 saturated heterocycles. The van der Waals surface area contributed by atoms with Crippen LogP contribution in [0.1, 0.15) is 25.7 Å². The van der Waals surface area contributed by atoms with Crippen LogP contribution in [-0.4, -0.2) is 34.3 Å². The summed E-state index contributed by atoms with van der Waals surface area (Å²) in [6.07, 6.45) is 6.14. The molecule has 0 radical (unpaired) electrons. The Morgan fingerprint density at radius 1 is 1.50 bits per heavy atom. The van der Waals surface area contributed by atoms with Crippen molar-refractivity contribution in [1.82, 2.24) is 9.97 Å². The summed E-state index contributed by atoms with van der Waals surface area (Å²) in [7, 11) is 0. The maximum atomic E-state index is 9.21. The molecule has 4 N–H and O–H groups in total. The standard InChI is InChI=1S/C11H18ClN5O/c12-9-7-14-11(16-13)15-10(9)17(5-6-18)8-3-1-2-4-8/h7-8,18H,1-6,13H2,(H,14,15,16). The van der Waals surface area contributed by atoms with Gasteiger partial charge in [0.2, 0.25) is 5.95 Å². The molecule has 6 nitrogen and oxygen atoms in total. The van der Waals surface area contributed by atoms with Crippen LogP contribution in [0.4, 0.5) is 11.8 Å². The zero-order valence-electron chi connectivity index (χ0n) is 10.1.